The Kier molecular flexibility index (Phi) is 3.32. The lowest BCUT2D eigenvalue weighted by molar-refractivity contribution is 0.160. The quantitative estimate of drug-likeness (QED) is 0.454. The van der Waals surface area contributed by atoms with E-state index in [4.69, 9.17) is 0 Å². The van der Waals surface area contributed by atoms with Crippen molar-refractivity contribution in [1.29, 1.82) is 0 Å². The van der Waals surface area contributed by atoms with Crippen LogP contribution in [0.15, 0.2) is 0 Å². The molecule has 0 heterocycles. The molecule has 0 N–H and O–H groups in total. The number of ether oxygens (including phenoxy) is 1. The summed E-state index contributed by atoms with van der Waals surface area (Å²) in [6.45, 7) is 1.62. The van der Waals surface area contributed by atoms with Crippen LogP contribution >= 0.6 is 0 Å². The van der Waals surface area contributed by atoms with E-state index in [1.807, 2.05) is 0 Å². The third kappa shape index (κ3) is 5.43. The Hall–Kier alpha value is -0.570. The molecular formula is C4H8NO2. The van der Waals surface area contributed by atoms with Crippen molar-refractivity contribution in [1.82, 2.24) is 4.90 Å². The summed E-state index contributed by atoms with van der Waals surface area (Å²) in [5.74, 6) is 0. The van der Waals surface area contributed by atoms with Crippen LogP contribution in [-0.2, 0) is 9.53 Å². The third-order valence-corrected chi connectivity index (χ3v) is 0.382. The van der Waals surface area contributed by atoms with Crippen LogP contribution in [0.25, 0.3) is 0 Å². The molecule has 0 bridgehead atoms. The molecule has 41 valence electrons. The molecule has 0 aliphatic carbocycles. The summed E-state index contributed by atoms with van der Waals surface area (Å²) in [5.41, 5.74) is 0. The second-order valence-electron chi connectivity index (χ2n) is 1.44. The minimum atomic E-state index is 0.309. The molecule has 0 saturated carbocycles. The van der Waals surface area contributed by atoms with Crippen molar-refractivity contribution in [2.45, 2.75) is 0 Å². The number of carbonyl (C=O) groups excluding carboxylic acids is 1. The molecule has 0 fully saturated rings. The fourth-order valence-electron chi connectivity index (χ4n) is 0.155. The van der Waals surface area contributed by atoms with Gasteiger partial charge in [-0.05, 0) is 14.1 Å². The number of rotatable bonds is 3. The standard InChI is InChI=1S/C4H8NO2/c1-5(2)3-7-4-6/h3H2,1-2H3. The van der Waals surface area contributed by atoms with E-state index >= 15 is 0 Å². The predicted octanol–water partition coefficient (Wildman–Crippen LogP) is -0.411. The third-order valence-electron chi connectivity index (χ3n) is 0.382. The molecule has 0 spiro atoms. The van der Waals surface area contributed by atoms with Gasteiger partial charge in [-0.15, -0.1) is 0 Å². The zero-order valence-corrected chi connectivity index (χ0v) is 4.47. The van der Waals surface area contributed by atoms with Crippen LogP contribution < -0.4 is 0 Å². The molecule has 0 aromatic rings. The average Bonchev–Trinajstić information content (AvgIpc) is 1.61. The van der Waals surface area contributed by atoms with Crippen LogP contribution in [0.3, 0.4) is 0 Å². The maximum atomic E-state index is 9.34. The van der Waals surface area contributed by atoms with Gasteiger partial charge in [0.1, 0.15) is 6.73 Å². The summed E-state index contributed by atoms with van der Waals surface area (Å²) in [6, 6.07) is 0. The zero-order valence-electron chi connectivity index (χ0n) is 4.47. The van der Waals surface area contributed by atoms with E-state index in [0.717, 1.165) is 0 Å². The number of nitrogens with zero attached hydrogens (tertiary/aromatic N) is 1. The topological polar surface area (TPSA) is 29.5 Å². The molecule has 1 radical (unpaired) electrons. The molecule has 0 rings (SSSR count). The van der Waals surface area contributed by atoms with Gasteiger partial charge in [0, 0.05) is 0 Å². The van der Waals surface area contributed by atoms with Crippen molar-refractivity contribution in [3.05, 3.63) is 0 Å². The molecule has 7 heavy (non-hydrogen) atoms. The van der Waals surface area contributed by atoms with Gasteiger partial charge in [0.15, 0.2) is 0 Å². The van der Waals surface area contributed by atoms with Crippen LogP contribution in [0.1, 0.15) is 0 Å². The normalized spacial score (nSPS) is 9.00. The lowest BCUT2D eigenvalue weighted by Crippen LogP contribution is -2.14. The fraction of sp³-hybridized carbons (Fsp3) is 0.750. The van der Waals surface area contributed by atoms with Gasteiger partial charge in [-0.3, -0.25) is 4.90 Å². The van der Waals surface area contributed by atoms with Crippen LogP contribution in [0.4, 0.5) is 0 Å². The van der Waals surface area contributed by atoms with E-state index in [2.05, 4.69) is 4.74 Å². The molecule has 3 nitrogen and oxygen atoms in total. The smallest absolute Gasteiger partial charge is 0.418 e. The Balaban J connectivity index is 2.81. The molecule has 0 atom stereocenters. The van der Waals surface area contributed by atoms with Gasteiger partial charge in [-0.25, -0.2) is 4.79 Å². The predicted molar refractivity (Wildman–Crippen MR) is 25.3 cm³/mol. The van der Waals surface area contributed by atoms with E-state index in [0.29, 0.717) is 6.73 Å². The van der Waals surface area contributed by atoms with Crippen molar-refractivity contribution in [3.63, 3.8) is 0 Å². The average molecular weight is 102 g/mol. The first kappa shape index (κ1) is 6.43. The number of hydrogen-bond donors (Lipinski definition) is 0. The maximum absolute atomic E-state index is 9.34. The van der Waals surface area contributed by atoms with Gasteiger partial charge in [-0.1, -0.05) is 0 Å². The van der Waals surface area contributed by atoms with Crippen molar-refractivity contribution in [2.24, 2.45) is 0 Å². The highest BCUT2D eigenvalue weighted by atomic mass is 16.5. The summed E-state index contributed by atoms with van der Waals surface area (Å²) < 4.78 is 4.22. The van der Waals surface area contributed by atoms with Crippen LogP contribution in [0.5, 0.6) is 0 Å². The first-order chi connectivity index (χ1) is 3.27. The first-order valence-corrected chi connectivity index (χ1v) is 1.91. The Labute approximate surface area is 42.9 Å². The van der Waals surface area contributed by atoms with Crippen LogP contribution in [0, 0.1) is 0 Å². The first-order valence-electron chi connectivity index (χ1n) is 1.91. The second-order valence-corrected chi connectivity index (χ2v) is 1.44. The minimum Gasteiger partial charge on any atom is -0.441 e. The largest absolute Gasteiger partial charge is 0.441 e. The summed E-state index contributed by atoms with van der Waals surface area (Å²) >= 11 is 0. The zero-order chi connectivity index (χ0) is 5.70. The lowest BCUT2D eigenvalue weighted by Gasteiger charge is -2.03. The second kappa shape index (κ2) is 3.61. The Bertz CT molecular complexity index is 53.7. The molecule has 0 amide bonds. The molecule has 0 unspecified atom stereocenters. The summed E-state index contributed by atoms with van der Waals surface area (Å²) in [4.78, 5) is 11.1. The Morgan fingerprint density at radius 2 is 2.29 bits per heavy atom. The summed E-state index contributed by atoms with van der Waals surface area (Å²) in [5, 5.41) is 0. The van der Waals surface area contributed by atoms with E-state index in [-0.39, 0.29) is 0 Å². The van der Waals surface area contributed by atoms with Crippen LogP contribution in [-0.4, -0.2) is 32.2 Å². The van der Waals surface area contributed by atoms with Gasteiger partial charge in [-0.2, -0.15) is 0 Å². The molecule has 0 aliphatic rings. The molecule has 0 aromatic heterocycles. The van der Waals surface area contributed by atoms with Crippen molar-refractivity contribution < 1.29 is 9.53 Å². The molecular weight excluding hydrogens is 94.0 g/mol. The molecule has 0 aromatic carbocycles. The summed E-state index contributed by atoms with van der Waals surface area (Å²) in [7, 11) is 3.61. The molecule has 0 aliphatic heterocycles. The highest BCUT2D eigenvalue weighted by Gasteiger charge is 1.83. The maximum Gasteiger partial charge on any atom is 0.418 e. The SMILES string of the molecule is CN(C)CO[C]=O. The number of hydrogen-bond acceptors (Lipinski definition) is 3. The van der Waals surface area contributed by atoms with Gasteiger partial charge in [0.25, 0.3) is 0 Å². The Morgan fingerprint density at radius 3 is 2.43 bits per heavy atom. The van der Waals surface area contributed by atoms with E-state index in [9.17, 15) is 4.79 Å². The van der Waals surface area contributed by atoms with Crippen LogP contribution in [0.2, 0.25) is 0 Å². The minimum absolute atomic E-state index is 0.309. The summed E-state index contributed by atoms with van der Waals surface area (Å²) in [6.07, 6.45) is 0. The fourth-order valence-corrected chi connectivity index (χ4v) is 0.155. The van der Waals surface area contributed by atoms with Gasteiger partial charge >= 0.3 is 6.47 Å². The van der Waals surface area contributed by atoms with Crippen molar-refractivity contribution in [3.8, 4) is 0 Å². The monoisotopic (exact) mass is 102 g/mol. The highest BCUT2D eigenvalue weighted by molar-refractivity contribution is 5.37. The molecule has 0 saturated heterocycles. The highest BCUT2D eigenvalue weighted by Crippen LogP contribution is 1.70. The van der Waals surface area contributed by atoms with Gasteiger partial charge in [0.05, 0.1) is 0 Å². The Morgan fingerprint density at radius 1 is 1.71 bits per heavy atom. The van der Waals surface area contributed by atoms with Crippen molar-refractivity contribution in [2.75, 3.05) is 20.8 Å². The van der Waals surface area contributed by atoms with E-state index < -0.39 is 0 Å². The van der Waals surface area contributed by atoms with E-state index in [1.54, 1.807) is 19.0 Å². The lowest BCUT2D eigenvalue weighted by atomic mass is 10.9. The van der Waals surface area contributed by atoms with E-state index in [1.165, 1.54) is 6.47 Å². The van der Waals surface area contributed by atoms with Crippen molar-refractivity contribution >= 4 is 6.47 Å². The van der Waals surface area contributed by atoms with Gasteiger partial charge in [0.2, 0.25) is 0 Å². The van der Waals surface area contributed by atoms with Gasteiger partial charge < -0.3 is 4.74 Å². The molecule has 3 heteroatoms.